The fourth-order valence-corrected chi connectivity index (χ4v) is 2.32. The molecule has 0 spiro atoms. The van der Waals surface area contributed by atoms with E-state index in [-0.39, 0.29) is 17.9 Å². The predicted octanol–water partition coefficient (Wildman–Crippen LogP) is 2.71. The van der Waals surface area contributed by atoms with Crippen molar-refractivity contribution in [2.45, 2.75) is 44.4 Å². The zero-order valence-corrected chi connectivity index (χ0v) is 11.4. The van der Waals surface area contributed by atoms with E-state index in [1.54, 1.807) is 6.07 Å². The molecule has 116 valence electrons. The molecule has 2 amide bonds. The Kier molecular flexibility index (Phi) is 5.32. The highest BCUT2D eigenvalue weighted by Gasteiger charge is 2.20. The first kappa shape index (κ1) is 15.5. The van der Waals surface area contributed by atoms with Gasteiger partial charge in [-0.15, -0.1) is 0 Å². The van der Waals surface area contributed by atoms with Crippen LogP contribution in [0.1, 0.15) is 25.7 Å². The summed E-state index contributed by atoms with van der Waals surface area (Å²) in [6, 6.07) is 5.44. The second-order valence-electron chi connectivity index (χ2n) is 5.01. The molecule has 2 rings (SSSR count). The molecule has 1 aliphatic carbocycles. The first-order chi connectivity index (χ1) is 10.0. The summed E-state index contributed by atoms with van der Waals surface area (Å²) in [5.41, 5.74) is 0.376. The Labute approximate surface area is 121 Å². The molecule has 1 aromatic rings. The highest BCUT2D eigenvalue weighted by atomic mass is 19.3. The fraction of sp³-hybridized carbons (Fsp3) is 0.500. The van der Waals surface area contributed by atoms with Crippen molar-refractivity contribution < 1.29 is 23.4 Å². The SMILES string of the molecule is O=C(Nc1cccc(OC(F)F)c1)NC1CCC(O)CC1. The van der Waals surface area contributed by atoms with E-state index in [1.807, 2.05) is 0 Å². The number of nitrogens with one attached hydrogen (secondary N) is 2. The van der Waals surface area contributed by atoms with Crippen LogP contribution in [0.25, 0.3) is 0 Å². The van der Waals surface area contributed by atoms with Crippen molar-refractivity contribution in [1.82, 2.24) is 5.32 Å². The number of amides is 2. The van der Waals surface area contributed by atoms with Gasteiger partial charge in [-0.25, -0.2) is 4.79 Å². The minimum atomic E-state index is -2.90. The smallest absolute Gasteiger partial charge is 0.387 e. The predicted molar refractivity (Wildman–Crippen MR) is 73.5 cm³/mol. The second kappa shape index (κ2) is 7.21. The highest BCUT2D eigenvalue weighted by molar-refractivity contribution is 5.89. The third-order valence-corrected chi connectivity index (χ3v) is 3.35. The summed E-state index contributed by atoms with van der Waals surface area (Å²) in [5.74, 6) is -0.0106. The van der Waals surface area contributed by atoms with Gasteiger partial charge in [-0.05, 0) is 37.8 Å². The molecular formula is C14H18F2N2O3. The molecule has 0 bridgehead atoms. The molecule has 0 saturated heterocycles. The quantitative estimate of drug-likeness (QED) is 0.800. The van der Waals surface area contributed by atoms with Crippen LogP contribution in [0, 0.1) is 0 Å². The number of aliphatic hydroxyl groups excluding tert-OH is 1. The zero-order valence-electron chi connectivity index (χ0n) is 11.4. The lowest BCUT2D eigenvalue weighted by atomic mass is 9.93. The third-order valence-electron chi connectivity index (χ3n) is 3.35. The molecule has 7 heteroatoms. The molecular weight excluding hydrogens is 282 g/mol. The summed E-state index contributed by atoms with van der Waals surface area (Å²) in [6.45, 7) is -2.90. The summed E-state index contributed by atoms with van der Waals surface area (Å²) in [4.78, 5) is 11.8. The molecule has 1 aromatic carbocycles. The summed E-state index contributed by atoms with van der Waals surface area (Å²) in [6.07, 6.45) is 2.51. The Morgan fingerprint density at radius 2 is 2.00 bits per heavy atom. The summed E-state index contributed by atoms with van der Waals surface area (Å²) < 4.78 is 28.5. The fourth-order valence-electron chi connectivity index (χ4n) is 2.32. The maximum atomic E-state index is 12.1. The Hall–Kier alpha value is -1.89. The van der Waals surface area contributed by atoms with Gasteiger partial charge in [0.25, 0.3) is 0 Å². The average Bonchev–Trinajstić information content (AvgIpc) is 2.41. The molecule has 5 nitrogen and oxygen atoms in total. The Bertz CT molecular complexity index is 477. The van der Waals surface area contributed by atoms with E-state index < -0.39 is 12.6 Å². The number of ether oxygens (including phenoxy) is 1. The number of benzene rings is 1. The number of urea groups is 1. The number of rotatable bonds is 4. The van der Waals surface area contributed by atoms with Crippen LogP contribution < -0.4 is 15.4 Å². The Morgan fingerprint density at radius 1 is 1.29 bits per heavy atom. The van der Waals surface area contributed by atoms with Crippen LogP contribution in [0.3, 0.4) is 0 Å². The molecule has 21 heavy (non-hydrogen) atoms. The first-order valence-corrected chi connectivity index (χ1v) is 6.83. The summed E-state index contributed by atoms with van der Waals surface area (Å²) in [5, 5.41) is 14.8. The second-order valence-corrected chi connectivity index (χ2v) is 5.01. The highest BCUT2D eigenvalue weighted by Crippen LogP contribution is 2.20. The van der Waals surface area contributed by atoms with Crippen LogP contribution in [-0.4, -0.2) is 29.9 Å². The van der Waals surface area contributed by atoms with Crippen LogP contribution in [0.4, 0.5) is 19.3 Å². The molecule has 1 fully saturated rings. The number of carbonyl (C=O) groups excluding carboxylic acids is 1. The van der Waals surface area contributed by atoms with Gasteiger partial charge in [-0.1, -0.05) is 6.07 Å². The lowest BCUT2D eigenvalue weighted by Crippen LogP contribution is -2.40. The van der Waals surface area contributed by atoms with Gasteiger partial charge in [0.1, 0.15) is 5.75 Å². The van der Waals surface area contributed by atoms with Crippen molar-refractivity contribution in [2.24, 2.45) is 0 Å². The normalized spacial score (nSPS) is 21.9. The first-order valence-electron chi connectivity index (χ1n) is 6.83. The van der Waals surface area contributed by atoms with E-state index in [4.69, 9.17) is 0 Å². The van der Waals surface area contributed by atoms with E-state index >= 15 is 0 Å². The Morgan fingerprint density at radius 3 is 2.67 bits per heavy atom. The van der Waals surface area contributed by atoms with Crippen molar-refractivity contribution in [1.29, 1.82) is 0 Å². The number of halogens is 2. The maximum absolute atomic E-state index is 12.1. The number of alkyl halides is 2. The third kappa shape index (κ3) is 5.18. The minimum absolute atomic E-state index is 0.0106. The van der Waals surface area contributed by atoms with Gasteiger partial charge in [0.05, 0.1) is 6.10 Å². The van der Waals surface area contributed by atoms with Gasteiger partial charge >= 0.3 is 12.6 Å². The molecule has 0 atom stereocenters. The number of hydrogen-bond donors (Lipinski definition) is 3. The van der Waals surface area contributed by atoms with E-state index in [1.165, 1.54) is 18.2 Å². The van der Waals surface area contributed by atoms with Crippen LogP contribution in [0.5, 0.6) is 5.75 Å². The maximum Gasteiger partial charge on any atom is 0.387 e. The van der Waals surface area contributed by atoms with Gasteiger partial charge in [0.15, 0.2) is 0 Å². The molecule has 1 saturated carbocycles. The van der Waals surface area contributed by atoms with Gasteiger partial charge in [0.2, 0.25) is 0 Å². The lowest BCUT2D eigenvalue weighted by Gasteiger charge is -2.26. The van der Waals surface area contributed by atoms with Crippen LogP contribution in [0.15, 0.2) is 24.3 Å². The van der Waals surface area contributed by atoms with Gasteiger partial charge < -0.3 is 20.5 Å². The van der Waals surface area contributed by atoms with Gasteiger partial charge in [0, 0.05) is 17.8 Å². The van der Waals surface area contributed by atoms with Gasteiger partial charge in [-0.2, -0.15) is 8.78 Å². The molecule has 0 heterocycles. The molecule has 1 aliphatic rings. The molecule has 0 aliphatic heterocycles. The van der Waals surface area contributed by atoms with Gasteiger partial charge in [-0.3, -0.25) is 0 Å². The van der Waals surface area contributed by atoms with Crippen molar-refractivity contribution in [2.75, 3.05) is 5.32 Å². The van der Waals surface area contributed by atoms with Crippen LogP contribution >= 0.6 is 0 Å². The lowest BCUT2D eigenvalue weighted by molar-refractivity contribution is -0.0497. The van der Waals surface area contributed by atoms with Crippen molar-refractivity contribution in [3.05, 3.63) is 24.3 Å². The van der Waals surface area contributed by atoms with Crippen molar-refractivity contribution in [3.63, 3.8) is 0 Å². The van der Waals surface area contributed by atoms with Crippen LogP contribution in [-0.2, 0) is 0 Å². The topological polar surface area (TPSA) is 70.6 Å². The Balaban J connectivity index is 1.84. The molecule has 0 aromatic heterocycles. The molecule has 0 radical (unpaired) electrons. The minimum Gasteiger partial charge on any atom is -0.435 e. The number of anilines is 1. The summed E-state index contributed by atoms with van der Waals surface area (Å²) >= 11 is 0. The van der Waals surface area contributed by atoms with E-state index in [2.05, 4.69) is 15.4 Å². The standard InChI is InChI=1S/C14H18F2N2O3/c15-13(16)21-12-3-1-2-10(8-12)18-14(20)17-9-4-6-11(19)7-5-9/h1-3,8-9,11,13,19H,4-7H2,(H2,17,18,20). The zero-order chi connectivity index (χ0) is 15.2. The number of hydrogen-bond acceptors (Lipinski definition) is 3. The van der Waals surface area contributed by atoms with E-state index in [0.29, 0.717) is 18.5 Å². The summed E-state index contributed by atoms with van der Waals surface area (Å²) in [7, 11) is 0. The average molecular weight is 300 g/mol. The molecule has 3 N–H and O–H groups in total. The number of aliphatic hydroxyl groups is 1. The van der Waals surface area contributed by atoms with E-state index in [9.17, 15) is 18.7 Å². The van der Waals surface area contributed by atoms with E-state index in [0.717, 1.165) is 12.8 Å². The molecule has 0 unspecified atom stereocenters. The van der Waals surface area contributed by atoms with Crippen LogP contribution in [0.2, 0.25) is 0 Å². The monoisotopic (exact) mass is 300 g/mol. The number of carbonyl (C=O) groups is 1. The largest absolute Gasteiger partial charge is 0.435 e. The van der Waals surface area contributed by atoms with Crippen molar-refractivity contribution >= 4 is 11.7 Å². The van der Waals surface area contributed by atoms with Crippen molar-refractivity contribution in [3.8, 4) is 5.75 Å².